The van der Waals surface area contributed by atoms with Gasteiger partial charge in [0.15, 0.2) is 26.9 Å². The summed E-state index contributed by atoms with van der Waals surface area (Å²) in [5.41, 5.74) is 7.80. The maximum atomic E-state index is 12.9. The Morgan fingerprint density at radius 2 is 1.77 bits per heavy atom. The van der Waals surface area contributed by atoms with Gasteiger partial charge in [0.05, 0.1) is 25.1 Å². The number of benzene rings is 1. The monoisotopic (exact) mass is 566 g/mol. The first kappa shape index (κ1) is 27.6. The van der Waals surface area contributed by atoms with Crippen molar-refractivity contribution in [2.45, 2.75) is 42.1 Å². The number of hydrogen-bond acceptors (Lipinski definition) is 10. The highest BCUT2D eigenvalue weighted by atomic mass is 32.2. The number of methoxy groups -OCH3 is 1. The molecule has 0 radical (unpaired) electrons. The van der Waals surface area contributed by atoms with Gasteiger partial charge in [-0.3, -0.25) is 0 Å². The molecule has 0 bridgehead atoms. The molecule has 1 fully saturated rings. The summed E-state index contributed by atoms with van der Waals surface area (Å²) in [5, 5.41) is 14.2. The van der Waals surface area contributed by atoms with E-state index in [1.165, 1.54) is 11.6 Å². The third kappa shape index (κ3) is 5.15. The molecule has 0 aliphatic heterocycles. The highest BCUT2D eigenvalue weighted by Crippen LogP contribution is 2.43. The average molecular weight is 567 g/mol. The molecule has 40 heavy (non-hydrogen) atoms. The van der Waals surface area contributed by atoms with Crippen molar-refractivity contribution in [3.05, 3.63) is 54.6 Å². The van der Waals surface area contributed by atoms with Crippen LogP contribution in [-0.2, 0) is 24.1 Å². The van der Waals surface area contributed by atoms with Crippen LogP contribution in [0.1, 0.15) is 37.3 Å². The number of nitrogens with zero attached hydrogens (tertiary/aromatic N) is 5. The number of hydrogen-bond donors (Lipinski definition) is 2. The van der Waals surface area contributed by atoms with Crippen molar-refractivity contribution in [1.82, 2.24) is 24.6 Å². The van der Waals surface area contributed by atoms with Crippen molar-refractivity contribution < 1.29 is 27.8 Å². The molecule has 0 saturated heterocycles. The second-order valence-electron chi connectivity index (χ2n) is 9.85. The smallest absolute Gasteiger partial charge is 0.335 e. The van der Waals surface area contributed by atoms with Gasteiger partial charge in [-0.2, -0.15) is 9.61 Å². The number of nitrogen functional groups attached to an aromatic ring is 1. The Balaban J connectivity index is 1.53. The summed E-state index contributed by atoms with van der Waals surface area (Å²) >= 11 is 0. The molecule has 0 amide bonds. The molecule has 1 saturated carbocycles. The quantitative estimate of drug-likeness (QED) is 0.285. The zero-order chi connectivity index (χ0) is 28.5. The van der Waals surface area contributed by atoms with Crippen LogP contribution < -0.4 is 5.73 Å². The molecule has 12 nitrogen and oxygen atoms in total. The Morgan fingerprint density at radius 3 is 2.38 bits per heavy atom. The number of aliphatic carboxylic acids is 1. The van der Waals surface area contributed by atoms with Gasteiger partial charge < -0.3 is 20.3 Å². The minimum atomic E-state index is -3.80. The number of rotatable bonds is 9. The fourth-order valence-corrected chi connectivity index (χ4v) is 6.24. The minimum absolute atomic E-state index is 0.0537. The van der Waals surface area contributed by atoms with E-state index in [0.29, 0.717) is 41.1 Å². The van der Waals surface area contributed by atoms with Gasteiger partial charge in [-0.25, -0.2) is 28.2 Å². The highest BCUT2D eigenvalue weighted by Gasteiger charge is 2.44. The fraction of sp³-hybridized carbons (Fsp3) is 0.370. The Labute approximate surface area is 231 Å². The zero-order valence-electron chi connectivity index (χ0n) is 22.1. The van der Waals surface area contributed by atoms with Crippen molar-refractivity contribution in [2.75, 3.05) is 32.3 Å². The maximum Gasteiger partial charge on any atom is 0.335 e. The van der Waals surface area contributed by atoms with Crippen LogP contribution in [-0.4, -0.2) is 76.2 Å². The van der Waals surface area contributed by atoms with Gasteiger partial charge in [0.2, 0.25) is 0 Å². The summed E-state index contributed by atoms with van der Waals surface area (Å²) in [5.74, 6) is -0.896. The molecule has 4 aromatic rings. The summed E-state index contributed by atoms with van der Waals surface area (Å²) in [6.07, 6.45) is 7.03. The summed E-state index contributed by atoms with van der Waals surface area (Å²) in [7, 11) is -2.28. The lowest BCUT2D eigenvalue weighted by atomic mass is 9.77. The molecule has 3 heterocycles. The van der Waals surface area contributed by atoms with E-state index in [1.807, 2.05) is 30.3 Å². The first-order valence-corrected chi connectivity index (χ1v) is 14.6. The number of aromatic nitrogens is 5. The van der Waals surface area contributed by atoms with Crippen LogP contribution in [0.4, 0.5) is 5.82 Å². The average Bonchev–Trinajstić information content (AvgIpc) is 3.38. The first-order valence-electron chi connectivity index (χ1n) is 12.8. The summed E-state index contributed by atoms with van der Waals surface area (Å²) in [4.78, 5) is 25.8. The lowest BCUT2D eigenvalue weighted by Gasteiger charge is -2.36. The fourth-order valence-electron chi connectivity index (χ4n) is 5.18. The van der Waals surface area contributed by atoms with Crippen LogP contribution in [0.15, 0.2) is 53.8 Å². The van der Waals surface area contributed by atoms with Gasteiger partial charge in [0, 0.05) is 48.4 Å². The number of sulfone groups is 1. The molecule has 0 spiro atoms. The maximum absolute atomic E-state index is 12.9. The van der Waals surface area contributed by atoms with E-state index in [0.717, 1.165) is 11.8 Å². The SMILES string of the molecule is COCCOC1(C(=O)O)CCC(c2nc3c(-c4cnc(-c5ccccc5)nc4)cnn3c(N)c2S(C)(=O)=O)CC1. The number of anilines is 1. The Kier molecular flexibility index (Phi) is 7.53. The van der Waals surface area contributed by atoms with Crippen molar-refractivity contribution in [2.24, 2.45) is 0 Å². The Morgan fingerprint density at radius 1 is 1.10 bits per heavy atom. The van der Waals surface area contributed by atoms with Crippen molar-refractivity contribution in [3.63, 3.8) is 0 Å². The number of carbonyl (C=O) groups is 1. The molecule has 3 N–H and O–H groups in total. The third-order valence-electron chi connectivity index (χ3n) is 7.26. The molecule has 1 aliphatic carbocycles. The third-order valence-corrected chi connectivity index (χ3v) is 8.42. The van der Waals surface area contributed by atoms with Crippen LogP contribution in [0, 0.1) is 0 Å². The Hall–Kier alpha value is -3.94. The van der Waals surface area contributed by atoms with Crippen LogP contribution in [0.3, 0.4) is 0 Å². The highest BCUT2D eigenvalue weighted by molar-refractivity contribution is 7.91. The lowest BCUT2D eigenvalue weighted by Crippen LogP contribution is -2.45. The number of carboxylic acids is 1. The summed E-state index contributed by atoms with van der Waals surface area (Å²) in [6, 6.07) is 9.55. The number of fused-ring (bicyclic) bond motifs is 1. The van der Waals surface area contributed by atoms with Crippen LogP contribution in [0.25, 0.3) is 28.2 Å². The second-order valence-corrected chi connectivity index (χ2v) is 11.8. The van der Waals surface area contributed by atoms with Crippen LogP contribution in [0.2, 0.25) is 0 Å². The molecule has 0 atom stereocenters. The van der Waals surface area contributed by atoms with Gasteiger partial charge in [-0.15, -0.1) is 0 Å². The largest absolute Gasteiger partial charge is 0.479 e. The second kappa shape index (κ2) is 10.9. The number of ether oxygens (including phenoxy) is 2. The van der Waals surface area contributed by atoms with E-state index < -0.39 is 21.4 Å². The predicted octanol–water partition coefficient (Wildman–Crippen LogP) is 2.98. The van der Waals surface area contributed by atoms with E-state index in [-0.39, 0.29) is 42.7 Å². The van der Waals surface area contributed by atoms with Gasteiger partial charge in [0.1, 0.15) is 10.7 Å². The summed E-state index contributed by atoms with van der Waals surface area (Å²) in [6.45, 7) is 0.412. The van der Waals surface area contributed by atoms with E-state index in [2.05, 4.69) is 15.1 Å². The number of carboxylic acid groups (broad SMARTS) is 1. The predicted molar refractivity (Wildman–Crippen MR) is 146 cm³/mol. The van der Waals surface area contributed by atoms with E-state index >= 15 is 0 Å². The minimum Gasteiger partial charge on any atom is -0.479 e. The molecule has 13 heteroatoms. The first-order chi connectivity index (χ1) is 19.1. The molecule has 3 aromatic heterocycles. The molecule has 0 unspecified atom stereocenters. The van der Waals surface area contributed by atoms with Crippen molar-refractivity contribution in [3.8, 4) is 22.5 Å². The van der Waals surface area contributed by atoms with E-state index in [1.54, 1.807) is 18.6 Å². The molecule has 1 aromatic carbocycles. The van der Waals surface area contributed by atoms with Crippen molar-refractivity contribution in [1.29, 1.82) is 0 Å². The zero-order valence-corrected chi connectivity index (χ0v) is 23.0. The van der Waals surface area contributed by atoms with Gasteiger partial charge in [-0.05, 0) is 25.7 Å². The van der Waals surface area contributed by atoms with E-state index in [4.69, 9.17) is 20.2 Å². The lowest BCUT2D eigenvalue weighted by molar-refractivity contribution is -0.173. The molecular formula is C27H30N6O6S. The van der Waals surface area contributed by atoms with E-state index in [9.17, 15) is 18.3 Å². The van der Waals surface area contributed by atoms with Gasteiger partial charge in [0.25, 0.3) is 0 Å². The van der Waals surface area contributed by atoms with Gasteiger partial charge in [-0.1, -0.05) is 30.3 Å². The molecule has 1 aliphatic rings. The van der Waals surface area contributed by atoms with Gasteiger partial charge >= 0.3 is 5.97 Å². The van der Waals surface area contributed by atoms with Crippen LogP contribution >= 0.6 is 0 Å². The normalized spacial score (nSPS) is 19.6. The molecular weight excluding hydrogens is 536 g/mol. The summed E-state index contributed by atoms with van der Waals surface area (Å²) < 4.78 is 37.9. The van der Waals surface area contributed by atoms with Crippen molar-refractivity contribution >= 4 is 27.3 Å². The van der Waals surface area contributed by atoms with Crippen LogP contribution in [0.5, 0.6) is 0 Å². The standard InChI is InChI=1S/C27H30N6O6S/c1-38-12-13-39-27(26(34)35)10-8-17(9-11-27)21-22(40(2,36)37)23(28)33-25(32-21)20(16-31-33)19-14-29-24(30-15-19)18-6-4-3-5-7-18/h3-7,14-17H,8-13,28H2,1-2H3,(H,34,35). The Bertz CT molecular complexity index is 1630. The molecule has 210 valence electrons. The number of nitrogens with two attached hydrogens (primary N) is 1. The topological polar surface area (TPSA) is 172 Å². The molecule has 5 rings (SSSR count).